The summed E-state index contributed by atoms with van der Waals surface area (Å²) in [6.45, 7) is 4.94. The molecule has 1 aliphatic carbocycles. The maximum atomic E-state index is 4.28. The van der Waals surface area contributed by atoms with E-state index in [0.717, 1.165) is 25.5 Å². The molecule has 1 fully saturated rings. The Morgan fingerprint density at radius 2 is 1.86 bits per heavy atom. The van der Waals surface area contributed by atoms with E-state index in [1.54, 1.807) is 0 Å². The van der Waals surface area contributed by atoms with Gasteiger partial charge in [0.2, 0.25) is 0 Å². The highest BCUT2D eigenvalue weighted by molar-refractivity contribution is 5.14. The van der Waals surface area contributed by atoms with Gasteiger partial charge in [0.15, 0.2) is 5.82 Å². The largest absolute Gasteiger partial charge is 0.292 e. The Morgan fingerprint density at radius 1 is 1.09 bits per heavy atom. The van der Waals surface area contributed by atoms with Crippen LogP contribution < -0.4 is 0 Å². The highest BCUT2D eigenvalue weighted by Crippen LogP contribution is 2.28. The summed E-state index contributed by atoms with van der Waals surface area (Å²) in [6, 6.07) is 11.1. The van der Waals surface area contributed by atoms with Crippen molar-refractivity contribution < 1.29 is 0 Å². The van der Waals surface area contributed by atoms with Gasteiger partial charge in [-0.1, -0.05) is 56.5 Å². The van der Waals surface area contributed by atoms with Crippen molar-refractivity contribution in [2.75, 3.05) is 6.54 Å². The standard InChI is InChI=1S/C17H25N5/c1-2-21(13-15-9-5-3-6-10-15)14-17-18-19-20-22(17)16-11-7-4-8-12-16/h3,5-6,9-10,16H,2,4,7-8,11-14H2,1H3. The minimum atomic E-state index is 0.495. The van der Waals surface area contributed by atoms with E-state index in [4.69, 9.17) is 0 Å². The first kappa shape index (κ1) is 15.2. The van der Waals surface area contributed by atoms with Crippen LogP contribution in [0.3, 0.4) is 0 Å². The zero-order valence-electron chi connectivity index (χ0n) is 13.4. The normalized spacial score (nSPS) is 16.3. The molecule has 0 spiro atoms. The summed E-state index contributed by atoms with van der Waals surface area (Å²) in [7, 11) is 0. The third-order valence-electron chi connectivity index (χ3n) is 4.54. The molecule has 1 saturated carbocycles. The predicted molar refractivity (Wildman–Crippen MR) is 86.2 cm³/mol. The summed E-state index contributed by atoms with van der Waals surface area (Å²) < 4.78 is 2.08. The van der Waals surface area contributed by atoms with Gasteiger partial charge < -0.3 is 0 Å². The van der Waals surface area contributed by atoms with Crippen molar-refractivity contribution in [2.45, 2.75) is 58.2 Å². The monoisotopic (exact) mass is 299 g/mol. The van der Waals surface area contributed by atoms with Crippen LogP contribution in [0, 0.1) is 0 Å². The van der Waals surface area contributed by atoms with Crippen LogP contribution in [0.2, 0.25) is 0 Å². The molecule has 5 nitrogen and oxygen atoms in total. The summed E-state index contributed by atoms with van der Waals surface area (Å²) in [5.41, 5.74) is 1.33. The van der Waals surface area contributed by atoms with Crippen LogP contribution in [-0.4, -0.2) is 31.7 Å². The maximum Gasteiger partial charge on any atom is 0.165 e. The van der Waals surface area contributed by atoms with Gasteiger partial charge in [0.1, 0.15) is 0 Å². The number of nitrogens with zero attached hydrogens (tertiary/aromatic N) is 5. The van der Waals surface area contributed by atoms with Crippen LogP contribution >= 0.6 is 0 Å². The lowest BCUT2D eigenvalue weighted by molar-refractivity contribution is 0.244. The molecule has 22 heavy (non-hydrogen) atoms. The van der Waals surface area contributed by atoms with Crippen LogP contribution in [-0.2, 0) is 13.1 Å². The van der Waals surface area contributed by atoms with Crippen LogP contribution in [0.1, 0.15) is 56.5 Å². The fraction of sp³-hybridized carbons (Fsp3) is 0.588. The Labute approximate surface area is 132 Å². The maximum absolute atomic E-state index is 4.28. The number of hydrogen-bond acceptors (Lipinski definition) is 4. The van der Waals surface area contributed by atoms with Gasteiger partial charge in [-0.05, 0) is 35.4 Å². The molecular weight excluding hydrogens is 274 g/mol. The van der Waals surface area contributed by atoms with E-state index in [-0.39, 0.29) is 0 Å². The summed E-state index contributed by atoms with van der Waals surface area (Å²) in [4.78, 5) is 2.39. The van der Waals surface area contributed by atoms with E-state index in [1.807, 2.05) is 0 Å². The lowest BCUT2D eigenvalue weighted by Crippen LogP contribution is -2.26. The van der Waals surface area contributed by atoms with Gasteiger partial charge >= 0.3 is 0 Å². The molecular formula is C17H25N5. The Kier molecular flexibility index (Phi) is 5.16. The minimum absolute atomic E-state index is 0.495. The molecule has 1 aromatic carbocycles. The van der Waals surface area contributed by atoms with Crippen molar-refractivity contribution in [3.05, 3.63) is 41.7 Å². The summed E-state index contributed by atoms with van der Waals surface area (Å²) in [6.07, 6.45) is 6.37. The van der Waals surface area contributed by atoms with E-state index in [1.165, 1.54) is 37.7 Å². The van der Waals surface area contributed by atoms with Crippen molar-refractivity contribution in [2.24, 2.45) is 0 Å². The lowest BCUT2D eigenvalue weighted by Gasteiger charge is -2.24. The van der Waals surface area contributed by atoms with Crippen LogP contribution in [0.4, 0.5) is 0 Å². The molecule has 3 rings (SSSR count). The van der Waals surface area contributed by atoms with Crippen LogP contribution in [0.25, 0.3) is 0 Å². The van der Waals surface area contributed by atoms with Crippen molar-refractivity contribution in [1.29, 1.82) is 0 Å². The van der Waals surface area contributed by atoms with E-state index in [9.17, 15) is 0 Å². The molecule has 1 heterocycles. The van der Waals surface area contributed by atoms with Gasteiger partial charge in [0.25, 0.3) is 0 Å². The molecule has 5 heteroatoms. The fourth-order valence-electron chi connectivity index (χ4n) is 3.25. The molecule has 0 aliphatic heterocycles. The summed E-state index contributed by atoms with van der Waals surface area (Å²) >= 11 is 0. The van der Waals surface area contributed by atoms with Gasteiger partial charge in [0, 0.05) is 6.54 Å². The second-order valence-corrected chi connectivity index (χ2v) is 6.12. The molecule has 2 aromatic rings. The molecule has 1 aliphatic rings. The van der Waals surface area contributed by atoms with Crippen molar-refractivity contribution >= 4 is 0 Å². The number of hydrogen-bond donors (Lipinski definition) is 0. The molecule has 0 atom stereocenters. The summed E-state index contributed by atoms with van der Waals surface area (Å²) in [5.74, 6) is 1.00. The second kappa shape index (κ2) is 7.49. The van der Waals surface area contributed by atoms with E-state index < -0.39 is 0 Å². The van der Waals surface area contributed by atoms with Crippen molar-refractivity contribution in [1.82, 2.24) is 25.1 Å². The number of rotatable bonds is 6. The van der Waals surface area contributed by atoms with E-state index >= 15 is 0 Å². The average Bonchev–Trinajstić information content (AvgIpc) is 3.04. The first-order valence-electron chi connectivity index (χ1n) is 8.40. The van der Waals surface area contributed by atoms with Gasteiger partial charge in [-0.25, -0.2) is 4.68 Å². The number of benzene rings is 1. The summed E-state index contributed by atoms with van der Waals surface area (Å²) in [5, 5.41) is 12.5. The van der Waals surface area contributed by atoms with E-state index in [2.05, 4.69) is 62.4 Å². The van der Waals surface area contributed by atoms with Gasteiger partial charge in [-0.2, -0.15) is 0 Å². The van der Waals surface area contributed by atoms with Crippen molar-refractivity contribution in [3.63, 3.8) is 0 Å². The Morgan fingerprint density at radius 3 is 2.59 bits per heavy atom. The predicted octanol–water partition coefficient (Wildman–Crippen LogP) is 3.20. The fourth-order valence-corrected chi connectivity index (χ4v) is 3.25. The molecule has 0 saturated heterocycles. The topological polar surface area (TPSA) is 46.8 Å². The smallest absolute Gasteiger partial charge is 0.165 e. The SMILES string of the molecule is CCN(Cc1ccccc1)Cc1nnnn1C1CCCCC1. The minimum Gasteiger partial charge on any atom is -0.292 e. The molecule has 0 bridgehead atoms. The molecule has 0 N–H and O–H groups in total. The van der Waals surface area contributed by atoms with Crippen molar-refractivity contribution in [3.8, 4) is 0 Å². The molecule has 118 valence electrons. The lowest BCUT2D eigenvalue weighted by atomic mass is 9.95. The Hall–Kier alpha value is -1.75. The zero-order chi connectivity index (χ0) is 15.2. The van der Waals surface area contributed by atoms with Crippen LogP contribution in [0.5, 0.6) is 0 Å². The Bertz CT molecular complexity index is 559. The van der Waals surface area contributed by atoms with Gasteiger partial charge in [-0.15, -0.1) is 5.10 Å². The first-order valence-corrected chi connectivity index (χ1v) is 8.40. The highest BCUT2D eigenvalue weighted by Gasteiger charge is 2.21. The van der Waals surface area contributed by atoms with Gasteiger partial charge in [-0.3, -0.25) is 4.90 Å². The molecule has 0 radical (unpaired) electrons. The van der Waals surface area contributed by atoms with Gasteiger partial charge in [0.05, 0.1) is 12.6 Å². The zero-order valence-corrected chi connectivity index (χ0v) is 13.4. The molecule has 0 unspecified atom stereocenters. The number of tetrazole rings is 1. The van der Waals surface area contributed by atoms with Crippen LogP contribution in [0.15, 0.2) is 30.3 Å². The molecule has 0 amide bonds. The van der Waals surface area contributed by atoms with E-state index in [0.29, 0.717) is 6.04 Å². The third-order valence-corrected chi connectivity index (χ3v) is 4.54. The number of aromatic nitrogens is 4. The highest BCUT2D eigenvalue weighted by atomic mass is 15.6. The second-order valence-electron chi connectivity index (χ2n) is 6.12. The average molecular weight is 299 g/mol. The first-order chi connectivity index (χ1) is 10.9. The third kappa shape index (κ3) is 3.71. The quantitative estimate of drug-likeness (QED) is 0.822. The molecule has 1 aromatic heterocycles. The Balaban J connectivity index is 1.67.